The third-order valence-electron chi connectivity index (χ3n) is 5.64. The minimum Gasteiger partial charge on any atom is -0.481 e. The summed E-state index contributed by atoms with van der Waals surface area (Å²) in [5, 5.41) is 12.7. The molecule has 2 aromatic heterocycles. The number of nitrogens with zero attached hydrogens (tertiary/aromatic N) is 3. The molecule has 1 unspecified atom stereocenters. The van der Waals surface area contributed by atoms with Crippen LogP contribution in [0.2, 0.25) is 0 Å². The number of carboxylic acids is 1. The number of benzene rings is 3. The second-order valence-corrected chi connectivity index (χ2v) is 8.17. The molecule has 0 saturated carbocycles. The van der Waals surface area contributed by atoms with E-state index in [4.69, 9.17) is 4.74 Å². The highest BCUT2D eigenvalue weighted by atomic mass is 19.1. The smallest absolute Gasteiger partial charge is 0.322 e. The monoisotopic (exact) mass is 483 g/mol. The number of halogens is 1. The summed E-state index contributed by atoms with van der Waals surface area (Å²) in [5.41, 5.74) is 4.01. The van der Waals surface area contributed by atoms with E-state index in [0.29, 0.717) is 29.5 Å². The van der Waals surface area contributed by atoms with Crippen LogP contribution < -0.4 is 10.1 Å². The van der Waals surface area contributed by atoms with Crippen molar-refractivity contribution >= 4 is 23.0 Å². The molecule has 9 heteroatoms. The van der Waals surface area contributed by atoms with Crippen molar-refractivity contribution in [3.8, 4) is 11.8 Å². The Balaban J connectivity index is 1.26. The molecule has 0 fully saturated rings. The van der Waals surface area contributed by atoms with Crippen LogP contribution in [0.3, 0.4) is 0 Å². The van der Waals surface area contributed by atoms with Gasteiger partial charge >= 0.3 is 12.0 Å². The van der Waals surface area contributed by atoms with Crippen molar-refractivity contribution in [2.24, 2.45) is 0 Å². The van der Waals surface area contributed by atoms with Crippen molar-refractivity contribution in [3.63, 3.8) is 0 Å². The Labute approximate surface area is 205 Å². The maximum absolute atomic E-state index is 13.4. The lowest BCUT2D eigenvalue weighted by molar-refractivity contribution is -0.137. The molecule has 1 atom stereocenters. The topological polar surface area (TPSA) is 113 Å². The molecule has 0 aliphatic carbocycles. The number of nitrogens with one attached hydrogen (secondary N) is 2. The van der Waals surface area contributed by atoms with Gasteiger partial charge < -0.3 is 20.1 Å². The molecular weight excluding hydrogens is 461 g/mol. The standard InChI is InChI=1S/C27H22FN5O3/c28-19-9-7-18(8-10-19)21(15-25(34)35)22-13-14-29-27(33-22)36-20-11-5-17(6-12-20)16-30-26-31-23-3-1-2-4-24(23)32-26/h1-14,21H,15-16H2,(H,34,35)(H2,30,31,32). The molecule has 3 aromatic carbocycles. The zero-order chi connectivity index (χ0) is 24.9. The van der Waals surface area contributed by atoms with E-state index in [1.165, 1.54) is 18.3 Å². The van der Waals surface area contributed by atoms with Crippen molar-refractivity contribution in [1.29, 1.82) is 0 Å². The van der Waals surface area contributed by atoms with Gasteiger partial charge in [0.2, 0.25) is 5.95 Å². The van der Waals surface area contributed by atoms with E-state index in [9.17, 15) is 14.3 Å². The highest BCUT2D eigenvalue weighted by molar-refractivity contribution is 5.77. The lowest BCUT2D eigenvalue weighted by Gasteiger charge is -2.15. The molecule has 3 N–H and O–H groups in total. The molecular formula is C27H22FN5O3. The van der Waals surface area contributed by atoms with Gasteiger partial charge in [0.05, 0.1) is 23.1 Å². The van der Waals surface area contributed by atoms with Crippen LogP contribution in [0, 0.1) is 5.82 Å². The predicted molar refractivity (Wildman–Crippen MR) is 132 cm³/mol. The lowest BCUT2D eigenvalue weighted by Crippen LogP contribution is -2.10. The molecule has 5 rings (SSSR count). The fraction of sp³-hybridized carbons (Fsp3) is 0.111. The van der Waals surface area contributed by atoms with Crippen LogP contribution >= 0.6 is 0 Å². The number of aliphatic carboxylic acids is 1. The summed E-state index contributed by atoms with van der Waals surface area (Å²) in [4.78, 5) is 27.8. The summed E-state index contributed by atoms with van der Waals surface area (Å²) in [6, 6.07) is 22.7. The van der Waals surface area contributed by atoms with Gasteiger partial charge in [-0.1, -0.05) is 36.4 Å². The van der Waals surface area contributed by atoms with E-state index in [2.05, 4.69) is 25.3 Å². The molecule has 180 valence electrons. The third kappa shape index (κ3) is 5.47. The van der Waals surface area contributed by atoms with E-state index < -0.39 is 17.7 Å². The second kappa shape index (κ2) is 10.2. The predicted octanol–water partition coefficient (Wildman–Crippen LogP) is 5.50. The van der Waals surface area contributed by atoms with Crippen molar-refractivity contribution < 1.29 is 19.0 Å². The second-order valence-electron chi connectivity index (χ2n) is 8.17. The number of carboxylic acid groups (broad SMARTS) is 1. The third-order valence-corrected chi connectivity index (χ3v) is 5.64. The van der Waals surface area contributed by atoms with Gasteiger partial charge in [-0.05, 0) is 53.6 Å². The first-order valence-corrected chi connectivity index (χ1v) is 11.3. The molecule has 5 aromatic rings. The van der Waals surface area contributed by atoms with Gasteiger partial charge in [-0.2, -0.15) is 4.98 Å². The molecule has 0 aliphatic heterocycles. The number of hydrogen-bond acceptors (Lipinski definition) is 6. The highest BCUT2D eigenvalue weighted by Crippen LogP contribution is 2.28. The molecule has 8 nitrogen and oxygen atoms in total. The van der Waals surface area contributed by atoms with E-state index in [1.54, 1.807) is 30.3 Å². The Hall–Kier alpha value is -4.79. The number of carbonyl (C=O) groups is 1. The van der Waals surface area contributed by atoms with Crippen LogP contribution in [0.1, 0.15) is 29.2 Å². The quantitative estimate of drug-likeness (QED) is 0.254. The number of rotatable bonds is 9. The number of anilines is 1. The zero-order valence-corrected chi connectivity index (χ0v) is 19.1. The Morgan fingerprint density at radius 1 is 1.00 bits per heavy atom. The number of H-pyrrole nitrogens is 1. The molecule has 0 radical (unpaired) electrons. The fourth-order valence-corrected chi connectivity index (χ4v) is 3.86. The SMILES string of the molecule is O=C(O)CC(c1ccc(F)cc1)c1ccnc(Oc2ccc(CNc3nc4ccccc4[nH]3)cc2)n1. The van der Waals surface area contributed by atoms with Crippen LogP contribution in [-0.4, -0.2) is 31.0 Å². The summed E-state index contributed by atoms with van der Waals surface area (Å²) in [6.07, 6.45) is 1.32. The minimum atomic E-state index is -0.989. The Morgan fingerprint density at radius 2 is 1.78 bits per heavy atom. The van der Waals surface area contributed by atoms with Crippen molar-refractivity contribution in [3.05, 3.63) is 108 Å². The number of fused-ring (bicyclic) bond motifs is 1. The lowest BCUT2D eigenvalue weighted by atomic mass is 9.92. The van der Waals surface area contributed by atoms with Crippen LogP contribution in [0.25, 0.3) is 11.0 Å². The van der Waals surface area contributed by atoms with Crippen molar-refractivity contribution in [2.75, 3.05) is 5.32 Å². The maximum Gasteiger partial charge on any atom is 0.322 e. The van der Waals surface area contributed by atoms with Gasteiger partial charge in [0, 0.05) is 18.7 Å². The molecule has 0 spiro atoms. The minimum absolute atomic E-state index is 0.0955. The van der Waals surface area contributed by atoms with Gasteiger partial charge in [-0.25, -0.2) is 14.4 Å². The molecule has 36 heavy (non-hydrogen) atoms. The molecule has 2 heterocycles. The molecule has 0 aliphatic rings. The van der Waals surface area contributed by atoms with Crippen LogP contribution in [0.5, 0.6) is 11.8 Å². The highest BCUT2D eigenvalue weighted by Gasteiger charge is 2.20. The van der Waals surface area contributed by atoms with Gasteiger partial charge in [0.1, 0.15) is 11.6 Å². The molecule has 0 amide bonds. The summed E-state index contributed by atoms with van der Waals surface area (Å²) >= 11 is 0. The fourth-order valence-electron chi connectivity index (χ4n) is 3.86. The largest absolute Gasteiger partial charge is 0.481 e. The van der Waals surface area contributed by atoms with E-state index in [-0.39, 0.29) is 12.4 Å². The molecule has 0 bridgehead atoms. The Morgan fingerprint density at radius 3 is 2.53 bits per heavy atom. The number of aromatic amines is 1. The summed E-state index contributed by atoms with van der Waals surface area (Å²) in [6.45, 7) is 0.570. The first kappa shape index (κ1) is 23.0. The van der Waals surface area contributed by atoms with Crippen LogP contribution in [0.4, 0.5) is 10.3 Å². The van der Waals surface area contributed by atoms with Crippen molar-refractivity contribution in [2.45, 2.75) is 18.9 Å². The van der Waals surface area contributed by atoms with Gasteiger partial charge in [0.25, 0.3) is 0 Å². The van der Waals surface area contributed by atoms with Gasteiger partial charge in [0.15, 0.2) is 0 Å². The number of para-hydroxylation sites is 2. The Kier molecular flexibility index (Phi) is 6.53. The van der Waals surface area contributed by atoms with Gasteiger partial charge in [-0.3, -0.25) is 4.79 Å². The van der Waals surface area contributed by atoms with E-state index in [1.807, 2.05) is 36.4 Å². The maximum atomic E-state index is 13.4. The average molecular weight is 484 g/mol. The average Bonchev–Trinajstić information content (AvgIpc) is 3.31. The van der Waals surface area contributed by atoms with Crippen LogP contribution in [0.15, 0.2) is 85.1 Å². The number of hydrogen-bond donors (Lipinski definition) is 3. The summed E-state index contributed by atoms with van der Waals surface area (Å²) in [5.74, 6) is -0.719. The Bertz CT molecular complexity index is 1450. The number of ether oxygens (including phenoxy) is 1. The first-order valence-electron chi connectivity index (χ1n) is 11.3. The van der Waals surface area contributed by atoms with E-state index in [0.717, 1.165) is 16.6 Å². The number of aromatic nitrogens is 4. The van der Waals surface area contributed by atoms with Crippen LogP contribution in [-0.2, 0) is 11.3 Å². The molecule has 0 saturated heterocycles. The first-order chi connectivity index (χ1) is 17.5. The van der Waals surface area contributed by atoms with E-state index >= 15 is 0 Å². The van der Waals surface area contributed by atoms with Gasteiger partial charge in [-0.15, -0.1) is 0 Å². The summed E-state index contributed by atoms with van der Waals surface area (Å²) < 4.78 is 19.2. The summed E-state index contributed by atoms with van der Waals surface area (Å²) in [7, 11) is 0. The normalized spacial score (nSPS) is 11.8. The zero-order valence-electron chi connectivity index (χ0n) is 19.1. The number of imidazole rings is 1. The van der Waals surface area contributed by atoms with Crippen molar-refractivity contribution in [1.82, 2.24) is 19.9 Å².